The van der Waals surface area contributed by atoms with Gasteiger partial charge in [0, 0.05) is 17.5 Å². The lowest BCUT2D eigenvalue weighted by atomic mass is 9.89. The van der Waals surface area contributed by atoms with Crippen LogP contribution in [0.5, 0.6) is 0 Å². The third kappa shape index (κ3) is 3.89. The molecule has 1 aliphatic rings. The van der Waals surface area contributed by atoms with E-state index in [2.05, 4.69) is 22.0 Å². The highest BCUT2D eigenvalue weighted by molar-refractivity contribution is 7.80. The molecule has 1 amide bonds. The highest BCUT2D eigenvalue weighted by Crippen LogP contribution is 2.31. The summed E-state index contributed by atoms with van der Waals surface area (Å²) in [6, 6.07) is 6.89. The first-order chi connectivity index (χ1) is 13.2. The summed E-state index contributed by atoms with van der Waals surface area (Å²) >= 11 is 5.28. The van der Waals surface area contributed by atoms with E-state index in [-0.39, 0.29) is 5.69 Å². The Kier molecular flexibility index (Phi) is 5.47. The van der Waals surface area contributed by atoms with Crippen molar-refractivity contribution in [2.24, 2.45) is 0 Å². The number of hydrogen-bond donors (Lipinski definition) is 3. The Morgan fingerprint density at radius 1 is 1.00 bits per heavy atom. The molecule has 3 N–H and O–H groups in total. The van der Waals surface area contributed by atoms with Crippen molar-refractivity contribution in [3.63, 3.8) is 0 Å². The molecule has 0 fully saturated rings. The summed E-state index contributed by atoms with van der Waals surface area (Å²) in [6.07, 6.45) is 0. The summed E-state index contributed by atoms with van der Waals surface area (Å²) in [5.41, 5.74) is 5.43. The van der Waals surface area contributed by atoms with Crippen LogP contribution in [0.2, 0.25) is 0 Å². The van der Waals surface area contributed by atoms with Crippen LogP contribution in [0.3, 0.4) is 0 Å². The first-order valence-corrected chi connectivity index (χ1v) is 9.20. The molecule has 2 aromatic carbocycles. The number of nitrogens with one attached hydrogen (secondary N) is 3. The van der Waals surface area contributed by atoms with Crippen LogP contribution >= 0.6 is 12.2 Å². The quantitative estimate of drug-likeness (QED) is 0.671. The maximum Gasteiger partial charge on any atom is 0.255 e. The van der Waals surface area contributed by atoms with Crippen molar-refractivity contribution >= 4 is 28.9 Å². The zero-order valence-corrected chi connectivity index (χ0v) is 16.9. The molecular formula is C21H21F2N3OS. The molecule has 0 bridgehead atoms. The fourth-order valence-corrected chi connectivity index (χ4v) is 3.57. The van der Waals surface area contributed by atoms with Gasteiger partial charge in [0.05, 0.1) is 11.6 Å². The van der Waals surface area contributed by atoms with E-state index in [1.54, 1.807) is 6.92 Å². The van der Waals surface area contributed by atoms with Gasteiger partial charge < -0.3 is 16.0 Å². The maximum atomic E-state index is 13.5. The van der Waals surface area contributed by atoms with Gasteiger partial charge in [0.2, 0.25) is 0 Å². The van der Waals surface area contributed by atoms with Crippen LogP contribution in [0, 0.1) is 32.4 Å². The van der Waals surface area contributed by atoms with Gasteiger partial charge in [-0.3, -0.25) is 4.79 Å². The standard InChI is InChI=1S/C21H21F2N3OS/c1-10-7-12(3)15(8-11(10)2)19-18(13(4)24-21(28)26-19)20(27)25-14-5-6-16(22)17(23)9-14/h5-9,19H,1-4H3,(H,25,27)(H2,24,26,28)/t19-/m1/s1. The van der Waals surface area contributed by atoms with Gasteiger partial charge in [0.25, 0.3) is 5.91 Å². The van der Waals surface area contributed by atoms with Crippen LogP contribution < -0.4 is 16.0 Å². The molecule has 0 saturated carbocycles. The number of hydrogen-bond acceptors (Lipinski definition) is 2. The predicted molar refractivity (Wildman–Crippen MR) is 110 cm³/mol. The Labute approximate surface area is 168 Å². The van der Waals surface area contributed by atoms with Gasteiger partial charge in [-0.25, -0.2) is 8.78 Å². The number of rotatable bonds is 3. The number of carbonyl (C=O) groups is 1. The summed E-state index contributed by atoms with van der Waals surface area (Å²) in [5.74, 6) is -2.41. The highest BCUT2D eigenvalue weighted by atomic mass is 32.1. The number of carbonyl (C=O) groups excluding carboxylic acids is 1. The van der Waals surface area contributed by atoms with Crippen molar-refractivity contribution in [3.8, 4) is 0 Å². The first kappa shape index (κ1) is 19.9. The molecule has 0 spiro atoms. The van der Waals surface area contributed by atoms with E-state index in [9.17, 15) is 13.6 Å². The summed E-state index contributed by atoms with van der Waals surface area (Å²) in [4.78, 5) is 13.0. The Bertz CT molecular complexity index is 1020. The van der Waals surface area contributed by atoms with E-state index < -0.39 is 23.6 Å². The van der Waals surface area contributed by atoms with E-state index in [1.807, 2.05) is 26.8 Å². The zero-order valence-electron chi connectivity index (χ0n) is 16.0. The molecular weight excluding hydrogens is 380 g/mol. The fraction of sp³-hybridized carbons (Fsp3) is 0.238. The summed E-state index contributed by atoms with van der Waals surface area (Å²) in [5, 5.41) is 9.19. The molecule has 0 aliphatic carbocycles. The minimum atomic E-state index is -1.02. The Morgan fingerprint density at radius 3 is 2.36 bits per heavy atom. The lowest BCUT2D eigenvalue weighted by Gasteiger charge is -2.31. The monoisotopic (exact) mass is 401 g/mol. The summed E-state index contributed by atoms with van der Waals surface area (Å²) in [7, 11) is 0. The SMILES string of the molecule is CC1=C(C(=O)Nc2ccc(F)c(F)c2)[C@@H](c2cc(C)c(C)cc2C)NC(=S)N1. The largest absolute Gasteiger partial charge is 0.351 e. The number of benzene rings is 2. The van der Waals surface area contributed by atoms with E-state index in [1.165, 1.54) is 6.07 Å². The highest BCUT2D eigenvalue weighted by Gasteiger charge is 2.31. The second-order valence-corrected chi connectivity index (χ2v) is 7.35. The first-order valence-electron chi connectivity index (χ1n) is 8.79. The molecule has 1 heterocycles. The molecule has 1 aliphatic heterocycles. The second-order valence-electron chi connectivity index (χ2n) is 6.95. The van der Waals surface area contributed by atoms with Gasteiger partial charge in [0.1, 0.15) is 0 Å². The van der Waals surface area contributed by atoms with Crippen molar-refractivity contribution in [2.45, 2.75) is 33.7 Å². The van der Waals surface area contributed by atoms with Crippen molar-refractivity contribution in [1.29, 1.82) is 0 Å². The summed E-state index contributed by atoms with van der Waals surface area (Å²) in [6.45, 7) is 7.78. The van der Waals surface area contributed by atoms with Crippen LogP contribution in [0.1, 0.15) is 35.2 Å². The zero-order chi connectivity index (χ0) is 20.6. The third-order valence-electron chi connectivity index (χ3n) is 4.88. The van der Waals surface area contributed by atoms with Crippen LogP contribution in [0.4, 0.5) is 14.5 Å². The van der Waals surface area contributed by atoms with Crippen molar-refractivity contribution in [2.75, 3.05) is 5.32 Å². The van der Waals surface area contributed by atoms with Crippen LogP contribution in [-0.4, -0.2) is 11.0 Å². The van der Waals surface area contributed by atoms with E-state index in [0.29, 0.717) is 16.4 Å². The van der Waals surface area contributed by atoms with E-state index >= 15 is 0 Å². The van der Waals surface area contributed by atoms with Gasteiger partial charge in [-0.2, -0.15) is 0 Å². The maximum absolute atomic E-state index is 13.5. The fourth-order valence-electron chi connectivity index (χ4n) is 3.29. The molecule has 146 valence electrons. The predicted octanol–water partition coefficient (Wildman–Crippen LogP) is 4.32. The molecule has 0 aromatic heterocycles. The topological polar surface area (TPSA) is 53.2 Å². The van der Waals surface area contributed by atoms with Gasteiger partial charge in [-0.15, -0.1) is 0 Å². The molecule has 4 nitrogen and oxygen atoms in total. The second kappa shape index (κ2) is 7.67. The lowest BCUT2D eigenvalue weighted by Crippen LogP contribution is -2.46. The lowest BCUT2D eigenvalue weighted by molar-refractivity contribution is -0.113. The smallest absolute Gasteiger partial charge is 0.255 e. The number of allylic oxidation sites excluding steroid dienone is 1. The normalized spacial score (nSPS) is 16.5. The number of thiocarbonyl (C=S) groups is 1. The number of anilines is 1. The average Bonchev–Trinajstić information content (AvgIpc) is 2.60. The molecule has 2 aromatic rings. The molecule has 3 rings (SSSR count). The molecule has 28 heavy (non-hydrogen) atoms. The Balaban J connectivity index is 2.01. The number of aryl methyl sites for hydroxylation is 3. The van der Waals surface area contributed by atoms with Gasteiger partial charge in [0.15, 0.2) is 16.7 Å². The van der Waals surface area contributed by atoms with Crippen LogP contribution in [0.25, 0.3) is 0 Å². The molecule has 0 radical (unpaired) electrons. The number of amides is 1. The van der Waals surface area contributed by atoms with Gasteiger partial charge >= 0.3 is 0 Å². The van der Waals surface area contributed by atoms with Crippen LogP contribution in [-0.2, 0) is 4.79 Å². The molecule has 7 heteroatoms. The Hall–Kier alpha value is -2.80. The minimum absolute atomic E-state index is 0.174. The van der Waals surface area contributed by atoms with Gasteiger partial charge in [-0.1, -0.05) is 12.1 Å². The Morgan fingerprint density at radius 2 is 1.68 bits per heavy atom. The summed E-state index contributed by atoms with van der Waals surface area (Å²) < 4.78 is 26.7. The molecule has 0 saturated heterocycles. The van der Waals surface area contributed by atoms with Crippen molar-refractivity contribution in [3.05, 3.63) is 75.5 Å². The van der Waals surface area contributed by atoms with E-state index in [4.69, 9.17) is 12.2 Å². The minimum Gasteiger partial charge on any atom is -0.351 e. The molecule has 0 unspecified atom stereocenters. The van der Waals surface area contributed by atoms with Crippen molar-refractivity contribution < 1.29 is 13.6 Å². The van der Waals surface area contributed by atoms with Crippen molar-refractivity contribution in [1.82, 2.24) is 10.6 Å². The van der Waals surface area contributed by atoms with Gasteiger partial charge in [-0.05, 0) is 74.3 Å². The third-order valence-corrected chi connectivity index (χ3v) is 5.10. The van der Waals surface area contributed by atoms with Crippen LogP contribution in [0.15, 0.2) is 41.6 Å². The number of halogens is 2. The average molecular weight is 401 g/mol. The molecule has 1 atom stereocenters. The van der Waals surface area contributed by atoms with E-state index in [0.717, 1.165) is 34.4 Å².